The van der Waals surface area contributed by atoms with E-state index in [9.17, 15) is 31.2 Å². The SMILES string of the molecule is CCCCN1CC(C(=O)NC(Cc2cc(F)cc(F)c2)C[C@H]2CN(S(=O)(=O)c3cccc(F)c3)CCN2)CC1=O. The van der Waals surface area contributed by atoms with E-state index >= 15 is 0 Å². The lowest BCUT2D eigenvalue weighted by Crippen LogP contribution is -2.55. The van der Waals surface area contributed by atoms with Gasteiger partial charge in [-0.25, -0.2) is 21.6 Å². The van der Waals surface area contributed by atoms with Gasteiger partial charge in [0.15, 0.2) is 0 Å². The maximum atomic E-state index is 13.9. The summed E-state index contributed by atoms with van der Waals surface area (Å²) in [7, 11) is -3.96. The van der Waals surface area contributed by atoms with E-state index in [2.05, 4.69) is 10.6 Å². The van der Waals surface area contributed by atoms with Gasteiger partial charge in [0.1, 0.15) is 17.5 Å². The molecule has 0 bridgehead atoms. The second-order valence-corrected chi connectivity index (χ2v) is 12.4. The van der Waals surface area contributed by atoms with Crippen molar-refractivity contribution in [3.8, 4) is 0 Å². The minimum absolute atomic E-state index is 0.0649. The molecule has 2 N–H and O–H groups in total. The fourth-order valence-corrected chi connectivity index (χ4v) is 6.85. The summed E-state index contributed by atoms with van der Waals surface area (Å²) in [6.45, 7) is 3.50. The number of benzene rings is 2. The molecule has 0 saturated carbocycles. The molecule has 2 saturated heterocycles. The molecule has 2 heterocycles. The number of piperazine rings is 1. The van der Waals surface area contributed by atoms with E-state index in [0.717, 1.165) is 25.0 Å². The molecular formula is C28H35F3N4O4S. The summed E-state index contributed by atoms with van der Waals surface area (Å²) in [5.41, 5.74) is 0.343. The van der Waals surface area contributed by atoms with E-state index < -0.39 is 45.5 Å². The molecule has 2 aliphatic heterocycles. The van der Waals surface area contributed by atoms with Crippen LogP contribution < -0.4 is 10.6 Å². The highest BCUT2D eigenvalue weighted by atomic mass is 32.2. The summed E-state index contributed by atoms with van der Waals surface area (Å²) < 4.78 is 69.2. The molecule has 2 unspecified atom stereocenters. The highest BCUT2D eigenvalue weighted by Crippen LogP contribution is 2.22. The quantitative estimate of drug-likeness (QED) is 0.426. The second-order valence-electron chi connectivity index (χ2n) is 10.5. The van der Waals surface area contributed by atoms with Gasteiger partial charge >= 0.3 is 0 Å². The Kier molecular flexibility index (Phi) is 9.85. The maximum absolute atomic E-state index is 13.9. The van der Waals surface area contributed by atoms with Crippen molar-refractivity contribution in [3.05, 3.63) is 65.5 Å². The molecular weight excluding hydrogens is 545 g/mol. The van der Waals surface area contributed by atoms with E-state index in [1.165, 1.54) is 34.6 Å². The molecule has 8 nitrogen and oxygen atoms in total. The zero-order valence-electron chi connectivity index (χ0n) is 22.4. The van der Waals surface area contributed by atoms with E-state index in [1.54, 1.807) is 4.90 Å². The number of carbonyl (C=O) groups excluding carboxylic acids is 2. The van der Waals surface area contributed by atoms with Crippen LogP contribution in [0.15, 0.2) is 47.4 Å². The van der Waals surface area contributed by atoms with Crippen LogP contribution in [0.5, 0.6) is 0 Å². The smallest absolute Gasteiger partial charge is 0.243 e. The zero-order chi connectivity index (χ0) is 28.9. The minimum Gasteiger partial charge on any atom is -0.353 e. The summed E-state index contributed by atoms with van der Waals surface area (Å²) >= 11 is 0. The molecule has 0 radical (unpaired) electrons. The van der Waals surface area contributed by atoms with Crippen LogP contribution in [0.4, 0.5) is 13.2 Å². The lowest BCUT2D eigenvalue weighted by molar-refractivity contribution is -0.129. The second kappa shape index (κ2) is 13.1. The minimum atomic E-state index is -3.96. The Hall–Kier alpha value is -2.96. The standard InChI is InChI=1S/C28H35F3N4O4S/c1-2-3-8-34-17-20(13-27(34)36)28(37)33-24(12-19-10-22(30)14-23(31)11-19)16-25-18-35(9-7-32-25)40(38,39)26-6-4-5-21(29)15-26/h4-6,10-11,14-15,20,24-25,32H,2-3,7-9,12-13,16-18H2,1H3,(H,33,37)/t20?,24?,25-/m0/s1. The predicted molar refractivity (Wildman–Crippen MR) is 143 cm³/mol. The highest BCUT2D eigenvalue weighted by molar-refractivity contribution is 7.89. The summed E-state index contributed by atoms with van der Waals surface area (Å²) in [4.78, 5) is 27.2. The third kappa shape index (κ3) is 7.61. The number of unbranched alkanes of at least 4 members (excludes halogenated alkanes) is 1. The van der Waals surface area contributed by atoms with Crippen LogP contribution in [0.1, 0.15) is 38.2 Å². The van der Waals surface area contributed by atoms with E-state index in [1.807, 2.05) is 6.92 Å². The molecule has 0 spiro atoms. The Bertz CT molecular complexity index is 1310. The van der Waals surface area contributed by atoms with E-state index in [-0.39, 0.29) is 49.1 Å². The van der Waals surface area contributed by atoms with E-state index in [4.69, 9.17) is 0 Å². The Morgan fingerprint density at radius 2 is 1.85 bits per heavy atom. The highest BCUT2D eigenvalue weighted by Gasteiger charge is 2.36. The van der Waals surface area contributed by atoms with Crippen LogP contribution in [-0.2, 0) is 26.0 Å². The largest absolute Gasteiger partial charge is 0.353 e. The number of rotatable bonds is 11. The van der Waals surface area contributed by atoms with Gasteiger partial charge in [-0.15, -0.1) is 0 Å². The third-order valence-corrected chi connectivity index (χ3v) is 9.20. The third-order valence-electron chi connectivity index (χ3n) is 7.34. The molecule has 2 aliphatic rings. The molecule has 2 aromatic carbocycles. The first-order valence-corrected chi connectivity index (χ1v) is 15.0. The van der Waals surface area contributed by atoms with Crippen molar-refractivity contribution in [2.75, 3.05) is 32.7 Å². The first-order chi connectivity index (χ1) is 19.0. The van der Waals surface area contributed by atoms with Crippen molar-refractivity contribution in [1.29, 1.82) is 0 Å². The molecule has 2 aromatic rings. The fraction of sp³-hybridized carbons (Fsp3) is 0.500. The van der Waals surface area contributed by atoms with Gasteiger partial charge in [0.05, 0.1) is 10.8 Å². The van der Waals surface area contributed by atoms with Gasteiger partial charge in [-0.1, -0.05) is 19.4 Å². The van der Waals surface area contributed by atoms with Gasteiger partial charge in [0.2, 0.25) is 21.8 Å². The molecule has 0 aliphatic carbocycles. The number of sulfonamides is 1. The number of likely N-dealkylation sites (tertiary alicyclic amines) is 1. The van der Waals surface area contributed by atoms with Gasteiger partial charge in [-0.3, -0.25) is 9.59 Å². The average molecular weight is 581 g/mol. The van der Waals surface area contributed by atoms with Gasteiger partial charge in [-0.2, -0.15) is 4.31 Å². The van der Waals surface area contributed by atoms with Crippen molar-refractivity contribution in [3.63, 3.8) is 0 Å². The van der Waals surface area contributed by atoms with Crippen molar-refractivity contribution in [1.82, 2.24) is 19.8 Å². The van der Waals surface area contributed by atoms with Crippen LogP contribution in [0, 0.1) is 23.4 Å². The monoisotopic (exact) mass is 580 g/mol. The lowest BCUT2D eigenvalue weighted by Gasteiger charge is -2.35. The Balaban J connectivity index is 1.48. The lowest BCUT2D eigenvalue weighted by atomic mass is 9.97. The summed E-state index contributed by atoms with van der Waals surface area (Å²) in [6, 6.07) is 6.99. The number of nitrogens with one attached hydrogen (secondary N) is 2. The van der Waals surface area contributed by atoms with Crippen molar-refractivity contribution >= 4 is 21.8 Å². The first-order valence-electron chi connectivity index (χ1n) is 13.6. The predicted octanol–water partition coefficient (Wildman–Crippen LogP) is 2.83. The average Bonchev–Trinajstić information content (AvgIpc) is 3.27. The van der Waals surface area contributed by atoms with Crippen LogP contribution in [0.25, 0.3) is 0 Å². The molecule has 0 aromatic heterocycles. The normalized spacial score (nSPS) is 21.0. The number of amides is 2. The Labute approximate surface area is 233 Å². The van der Waals surface area contributed by atoms with E-state index in [0.29, 0.717) is 25.2 Å². The zero-order valence-corrected chi connectivity index (χ0v) is 23.2. The fourth-order valence-electron chi connectivity index (χ4n) is 5.33. The van der Waals surface area contributed by atoms with Gasteiger partial charge < -0.3 is 15.5 Å². The van der Waals surface area contributed by atoms with Crippen LogP contribution in [0.2, 0.25) is 0 Å². The topological polar surface area (TPSA) is 98.8 Å². The number of hydrogen-bond acceptors (Lipinski definition) is 5. The van der Waals surface area contributed by atoms with Gasteiger partial charge in [0, 0.05) is 57.3 Å². The molecule has 4 rings (SSSR count). The van der Waals surface area contributed by atoms with Gasteiger partial charge in [0.25, 0.3) is 0 Å². The number of nitrogens with zero attached hydrogens (tertiary/aromatic N) is 2. The summed E-state index contributed by atoms with van der Waals surface area (Å²) in [5.74, 6) is -3.08. The number of hydrogen-bond donors (Lipinski definition) is 2. The Morgan fingerprint density at radius 3 is 2.55 bits per heavy atom. The number of carbonyl (C=O) groups is 2. The van der Waals surface area contributed by atoms with Crippen LogP contribution in [-0.4, -0.2) is 74.2 Å². The molecule has 40 heavy (non-hydrogen) atoms. The van der Waals surface area contributed by atoms with Crippen LogP contribution in [0.3, 0.4) is 0 Å². The molecule has 3 atom stereocenters. The van der Waals surface area contributed by atoms with Gasteiger partial charge in [-0.05, 0) is 55.2 Å². The molecule has 2 amide bonds. The van der Waals surface area contributed by atoms with Crippen molar-refractivity contribution < 1.29 is 31.2 Å². The first kappa shape index (κ1) is 30.0. The molecule has 2 fully saturated rings. The maximum Gasteiger partial charge on any atom is 0.243 e. The number of halogens is 3. The molecule has 218 valence electrons. The molecule has 12 heteroatoms. The summed E-state index contributed by atoms with van der Waals surface area (Å²) in [6.07, 6.45) is 2.23. The van der Waals surface area contributed by atoms with Crippen LogP contribution >= 0.6 is 0 Å². The summed E-state index contributed by atoms with van der Waals surface area (Å²) in [5, 5.41) is 6.22. The van der Waals surface area contributed by atoms with Crippen molar-refractivity contribution in [2.24, 2.45) is 5.92 Å². The van der Waals surface area contributed by atoms with Crippen molar-refractivity contribution in [2.45, 2.75) is 56.0 Å². The Morgan fingerprint density at radius 1 is 1.10 bits per heavy atom.